The van der Waals surface area contributed by atoms with Crippen LogP contribution >= 0.6 is 11.6 Å². The standard InChI is InChI=1S/C22H41Cl/c1-2-3-4-5-6-7-8-9-10-11-12-13-14-15-16-17-18-19-20-21-22-23/h2-20H2,1H3. The SMILES string of the molecule is CCCCCCCCCCCCCCCCCCCCC#CCl. The van der Waals surface area contributed by atoms with Crippen LogP contribution in [0.2, 0.25) is 0 Å². The molecule has 0 saturated heterocycles. The highest BCUT2D eigenvalue weighted by atomic mass is 35.5. The zero-order valence-corrected chi connectivity index (χ0v) is 16.6. The van der Waals surface area contributed by atoms with Gasteiger partial charge in [-0.1, -0.05) is 122 Å². The van der Waals surface area contributed by atoms with Gasteiger partial charge in [-0.25, -0.2) is 0 Å². The third-order valence-electron chi connectivity index (χ3n) is 4.72. The summed E-state index contributed by atoms with van der Waals surface area (Å²) in [5, 5.41) is 2.45. The normalized spacial score (nSPS) is 10.5. The van der Waals surface area contributed by atoms with Crippen molar-refractivity contribution in [2.45, 2.75) is 129 Å². The lowest BCUT2D eigenvalue weighted by molar-refractivity contribution is 0.525. The smallest absolute Gasteiger partial charge is 0.0101 e. The van der Waals surface area contributed by atoms with Crippen LogP contribution in [0.4, 0.5) is 0 Å². The molecule has 0 aliphatic heterocycles. The van der Waals surface area contributed by atoms with Gasteiger partial charge in [0.15, 0.2) is 0 Å². The predicted octanol–water partition coefficient (Wildman–Crippen LogP) is 8.62. The highest BCUT2D eigenvalue weighted by Gasteiger charge is 1.94. The molecular formula is C22H41Cl. The fraction of sp³-hybridized carbons (Fsp3) is 0.909. The van der Waals surface area contributed by atoms with Crippen LogP contribution in [-0.4, -0.2) is 0 Å². The zero-order chi connectivity index (χ0) is 16.8. The molecule has 0 unspecified atom stereocenters. The third kappa shape index (κ3) is 21.9. The second kappa shape index (κ2) is 21.9. The number of hydrogen-bond donors (Lipinski definition) is 0. The quantitative estimate of drug-likeness (QED) is 0.173. The van der Waals surface area contributed by atoms with E-state index in [0.29, 0.717) is 0 Å². The summed E-state index contributed by atoms with van der Waals surface area (Å²) >= 11 is 5.32. The van der Waals surface area contributed by atoms with E-state index in [2.05, 4.69) is 18.2 Å². The summed E-state index contributed by atoms with van der Waals surface area (Å²) in [7, 11) is 0. The largest absolute Gasteiger partial charge is 0.0859 e. The molecule has 0 N–H and O–H groups in total. The van der Waals surface area contributed by atoms with Gasteiger partial charge < -0.3 is 0 Å². The molecule has 0 nitrogen and oxygen atoms in total. The fourth-order valence-corrected chi connectivity index (χ4v) is 3.26. The molecule has 0 bridgehead atoms. The molecule has 136 valence electrons. The summed E-state index contributed by atoms with van der Waals surface area (Å²) in [5.74, 6) is 2.92. The molecule has 0 heterocycles. The first-order chi connectivity index (χ1) is 11.4. The van der Waals surface area contributed by atoms with Gasteiger partial charge in [-0.15, -0.1) is 0 Å². The van der Waals surface area contributed by atoms with Gasteiger partial charge in [0.2, 0.25) is 0 Å². The van der Waals surface area contributed by atoms with E-state index in [-0.39, 0.29) is 0 Å². The van der Waals surface area contributed by atoms with E-state index in [9.17, 15) is 0 Å². The molecule has 0 aromatic rings. The van der Waals surface area contributed by atoms with Gasteiger partial charge >= 0.3 is 0 Å². The van der Waals surface area contributed by atoms with Gasteiger partial charge in [0.05, 0.1) is 0 Å². The van der Waals surface area contributed by atoms with Crippen LogP contribution in [0.1, 0.15) is 129 Å². The Kier molecular flexibility index (Phi) is 21.7. The number of unbranched alkanes of at least 4 members (excludes halogenated alkanes) is 18. The van der Waals surface area contributed by atoms with E-state index in [4.69, 9.17) is 11.6 Å². The van der Waals surface area contributed by atoms with E-state index in [0.717, 1.165) is 6.42 Å². The maximum absolute atomic E-state index is 5.32. The van der Waals surface area contributed by atoms with Crippen LogP contribution < -0.4 is 0 Å². The molecule has 0 aromatic heterocycles. The Morgan fingerprint density at radius 3 is 1.09 bits per heavy atom. The Labute approximate surface area is 152 Å². The monoisotopic (exact) mass is 340 g/mol. The van der Waals surface area contributed by atoms with Crippen LogP contribution in [0, 0.1) is 11.3 Å². The lowest BCUT2D eigenvalue weighted by atomic mass is 10.0. The summed E-state index contributed by atoms with van der Waals surface area (Å²) in [6.45, 7) is 2.29. The van der Waals surface area contributed by atoms with E-state index in [1.807, 2.05) is 0 Å². The van der Waals surface area contributed by atoms with Gasteiger partial charge in [0.1, 0.15) is 0 Å². The van der Waals surface area contributed by atoms with Gasteiger partial charge in [0.25, 0.3) is 0 Å². The average molecular weight is 341 g/mol. The Morgan fingerprint density at radius 2 is 0.783 bits per heavy atom. The average Bonchev–Trinajstić information content (AvgIpc) is 2.57. The molecule has 0 fully saturated rings. The summed E-state index contributed by atoms with van der Waals surface area (Å²) in [4.78, 5) is 0. The minimum atomic E-state index is 0.974. The molecular weight excluding hydrogens is 300 g/mol. The maximum atomic E-state index is 5.32. The predicted molar refractivity (Wildman–Crippen MR) is 107 cm³/mol. The van der Waals surface area contributed by atoms with Crippen molar-refractivity contribution in [1.29, 1.82) is 0 Å². The van der Waals surface area contributed by atoms with Crippen molar-refractivity contribution in [1.82, 2.24) is 0 Å². The molecule has 0 atom stereocenters. The van der Waals surface area contributed by atoms with Crippen LogP contribution in [-0.2, 0) is 0 Å². The van der Waals surface area contributed by atoms with Crippen molar-refractivity contribution in [2.75, 3.05) is 0 Å². The first kappa shape index (κ1) is 22.9. The highest BCUT2D eigenvalue weighted by molar-refractivity contribution is 6.30. The molecule has 0 aromatic carbocycles. The molecule has 1 heteroatoms. The second-order valence-corrected chi connectivity index (χ2v) is 7.22. The van der Waals surface area contributed by atoms with Crippen molar-refractivity contribution in [3.8, 4) is 11.3 Å². The molecule has 0 aliphatic rings. The second-order valence-electron chi connectivity index (χ2n) is 7.03. The molecule has 23 heavy (non-hydrogen) atoms. The zero-order valence-electron chi connectivity index (χ0n) is 15.8. The molecule has 0 spiro atoms. The number of rotatable bonds is 18. The lowest BCUT2D eigenvalue weighted by Crippen LogP contribution is -1.84. The van der Waals surface area contributed by atoms with Gasteiger partial charge in [0, 0.05) is 11.8 Å². The van der Waals surface area contributed by atoms with Crippen molar-refractivity contribution >= 4 is 11.6 Å². The summed E-state index contributed by atoms with van der Waals surface area (Å²) in [5.41, 5.74) is 0. The molecule has 0 radical (unpaired) electrons. The van der Waals surface area contributed by atoms with Crippen molar-refractivity contribution in [3.05, 3.63) is 0 Å². The number of hydrogen-bond acceptors (Lipinski definition) is 0. The van der Waals surface area contributed by atoms with Crippen molar-refractivity contribution in [2.24, 2.45) is 0 Å². The van der Waals surface area contributed by atoms with Gasteiger partial charge in [-0.2, -0.15) is 0 Å². The first-order valence-electron chi connectivity index (χ1n) is 10.5. The Bertz CT molecular complexity index is 261. The van der Waals surface area contributed by atoms with Gasteiger partial charge in [-0.3, -0.25) is 0 Å². The Morgan fingerprint density at radius 1 is 0.478 bits per heavy atom. The Balaban J connectivity index is 2.95. The minimum Gasteiger partial charge on any atom is -0.0859 e. The molecule has 0 aliphatic carbocycles. The fourth-order valence-electron chi connectivity index (χ4n) is 3.16. The lowest BCUT2D eigenvalue weighted by Gasteiger charge is -2.03. The van der Waals surface area contributed by atoms with Gasteiger partial charge in [-0.05, 0) is 18.0 Å². The van der Waals surface area contributed by atoms with Crippen LogP contribution in [0.3, 0.4) is 0 Å². The highest BCUT2D eigenvalue weighted by Crippen LogP contribution is 2.14. The summed E-state index contributed by atoms with van der Waals surface area (Å²) in [6.07, 6.45) is 26.6. The third-order valence-corrected chi connectivity index (χ3v) is 4.86. The van der Waals surface area contributed by atoms with E-state index >= 15 is 0 Å². The van der Waals surface area contributed by atoms with E-state index in [1.165, 1.54) is 116 Å². The molecule has 0 amide bonds. The van der Waals surface area contributed by atoms with Crippen molar-refractivity contribution < 1.29 is 0 Å². The first-order valence-corrected chi connectivity index (χ1v) is 10.9. The topological polar surface area (TPSA) is 0 Å². The van der Waals surface area contributed by atoms with Crippen LogP contribution in [0.5, 0.6) is 0 Å². The van der Waals surface area contributed by atoms with Crippen molar-refractivity contribution in [3.63, 3.8) is 0 Å². The Hall–Kier alpha value is -0.150. The van der Waals surface area contributed by atoms with E-state index < -0.39 is 0 Å². The van der Waals surface area contributed by atoms with Crippen LogP contribution in [0.15, 0.2) is 0 Å². The molecule has 0 saturated carbocycles. The maximum Gasteiger partial charge on any atom is 0.0101 e. The molecule has 0 rings (SSSR count). The summed E-state index contributed by atoms with van der Waals surface area (Å²) < 4.78 is 0. The summed E-state index contributed by atoms with van der Waals surface area (Å²) in [6, 6.07) is 0. The number of halogens is 1. The van der Waals surface area contributed by atoms with Crippen LogP contribution in [0.25, 0.3) is 0 Å². The van der Waals surface area contributed by atoms with E-state index in [1.54, 1.807) is 0 Å². The minimum absolute atomic E-state index is 0.974.